The highest BCUT2D eigenvalue weighted by Crippen LogP contribution is 2.20. The van der Waals surface area contributed by atoms with Crippen molar-refractivity contribution >= 4 is 11.9 Å². The molecule has 18 heavy (non-hydrogen) atoms. The molecule has 0 aliphatic heterocycles. The van der Waals surface area contributed by atoms with Crippen molar-refractivity contribution in [1.82, 2.24) is 5.32 Å². The monoisotopic (exact) mass is 251 g/mol. The molecule has 0 aliphatic rings. The Kier molecular flexibility index (Phi) is 4.44. The van der Waals surface area contributed by atoms with Crippen LogP contribution in [0.1, 0.15) is 25.8 Å². The van der Waals surface area contributed by atoms with Crippen LogP contribution in [-0.4, -0.2) is 28.2 Å². The zero-order valence-corrected chi connectivity index (χ0v) is 10.4. The molecule has 0 spiro atoms. The number of benzene rings is 1. The number of hydrogen-bond donors (Lipinski definition) is 3. The van der Waals surface area contributed by atoms with E-state index in [0.717, 1.165) is 5.56 Å². The first-order valence-electron chi connectivity index (χ1n) is 5.61. The van der Waals surface area contributed by atoms with Gasteiger partial charge in [0.1, 0.15) is 6.04 Å². The molecule has 0 amide bonds. The quantitative estimate of drug-likeness (QED) is 0.712. The number of hydrogen-bond acceptors (Lipinski definition) is 3. The summed E-state index contributed by atoms with van der Waals surface area (Å²) in [6.07, 6.45) is -0.453. The Labute approximate surface area is 105 Å². The average molecular weight is 251 g/mol. The molecule has 0 fully saturated rings. The summed E-state index contributed by atoms with van der Waals surface area (Å²) in [5, 5.41) is 20.6. The van der Waals surface area contributed by atoms with Crippen LogP contribution in [0.2, 0.25) is 0 Å². The molecule has 0 bridgehead atoms. The van der Waals surface area contributed by atoms with Gasteiger partial charge in [0.15, 0.2) is 0 Å². The van der Waals surface area contributed by atoms with Gasteiger partial charge in [0, 0.05) is 5.54 Å². The van der Waals surface area contributed by atoms with E-state index in [2.05, 4.69) is 5.32 Å². The predicted molar refractivity (Wildman–Crippen MR) is 66.3 cm³/mol. The van der Waals surface area contributed by atoms with Crippen LogP contribution in [0.4, 0.5) is 0 Å². The van der Waals surface area contributed by atoms with Gasteiger partial charge in [0.05, 0.1) is 6.42 Å². The molecule has 0 heterocycles. The molecule has 0 unspecified atom stereocenters. The standard InChI is InChI=1S/C13H17NO4/c1-13(2,9-6-4-3-5-7-9)14-10(12(17)18)8-11(15)16/h3-7,10,14H,8H2,1-2H3,(H,15,16)(H,17,18)/t10-/m0/s1. The van der Waals surface area contributed by atoms with E-state index in [0.29, 0.717) is 0 Å². The zero-order chi connectivity index (χ0) is 13.8. The fourth-order valence-electron chi connectivity index (χ4n) is 1.75. The van der Waals surface area contributed by atoms with E-state index < -0.39 is 29.9 Å². The van der Waals surface area contributed by atoms with Crippen molar-refractivity contribution < 1.29 is 19.8 Å². The fraction of sp³-hybridized carbons (Fsp3) is 0.385. The molecular weight excluding hydrogens is 234 g/mol. The summed E-state index contributed by atoms with van der Waals surface area (Å²) >= 11 is 0. The molecule has 98 valence electrons. The van der Waals surface area contributed by atoms with Gasteiger partial charge in [-0.1, -0.05) is 30.3 Å². The van der Waals surface area contributed by atoms with E-state index in [9.17, 15) is 9.59 Å². The predicted octanol–water partition coefficient (Wildman–Crippen LogP) is 1.44. The Hall–Kier alpha value is -1.88. The number of carbonyl (C=O) groups is 2. The van der Waals surface area contributed by atoms with E-state index in [1.165, 1.54) is 0 Å². The molecule has 5 nitrogen and oxygen atoms in total. The summed E-state index contributed by atoms with van der Waals surface area (Å²) in [6, 6.07) is 8.19. The third-order valence-corrected chi connectivity index (χ3v) is 2.71. The SMILES string of the molecule is CC(C)(N[C@@H](CC(=O)O)C(=O)O)c1ccccc1. The van der Waals surface area contributed by atoms with E-state index in [1.807, 2.05) is 44.2 Å². The molecular formula is C13H17NO4. The second kappa shape index (κ2) is 5.64. The highest BCUT2D eigenvalue weighted by atomic mass is 16.4. The summed E-state index contributed by atoms with van der Waals surface area (Å²) in [6.45, 7) is 3.64. The fourth-order valence-corrected chi connectivity index (χ4v) is 1.75. The third kappa shape index (κ3) is 3.85. The van der Waals surface area contributed by atoms with Crippen LogP contribution >= 0.6 is 0 Å². The second-order valence-corrected chi connectivity index (χ2v) is 4.62. The first-order valence-corrected chi connectivity index (χ1v) is 5.61. The maximum Gasteiger partial charge on any atom is 0.321 e. The van der Waals surface area contributed by atoms with E-state index in [4.69, 9.17) is 10.2 Å². The van der Waals surface area contributed by atoms with Crippen molar-refractivity contribution in [2.45, 2.75) is 31.8 Å². The third-order valence-electron chi connectivity index (χ3n) is 2.71. The molecule has 1 aromatic rings. The van der Waals surface area contributed by atoms with Crippen molar-refractivity contribution in [3.63, 3.8) is 0 Å². The van der Waals surface area contributed by atoms with Crippen molar-refractivity contribution in [2.75, 3.05) is 0 Å². The Morgan fingerprint density at radius 1 is 1.22 bits per heavy atom. The number of carboxylic acids is 2. The molecule has 3 N–H and O–H groups in total. The Morgan fingerprint density at radius 3 is 2.22 bits per heavy atom. The minimum absolute atomic E-state index is 0.453. The minimum atomic E-state index is -1.17. The Morgan fingerprint density at radius 2 is 1.78 bits per heavy atom. The lowest BCUT2D eigenvalue weighted by molar-refractivity contribution is -0.146. The summed E-state index contributed by atoms with van der Waals surface area (Å²) in [5.74, 6) is -2.31. The Balaban J connectivity index is 2.85. The zero-order valence-electron chi connectivity index (χ0n) is 10.4. The van der Waals surface area contributed by atoms with Crippen LogP contribution in [0.25, 0.3) is 0 Å². The van der Waals surface area contributed by atoms with Crippen molar-refractivity contribution in [3.8, 4) is 0 Å². The molecule has 0 saturated heterocycles. The van der Waals surface area contributed by atoms with Crippen molar-refractivity contribution in [3.05, 3.63) is 35.9 Å². The van der Waals surface area contributed by atoms with Gasteiger partial charge in [0.2, 0.25) is 0 Å². The summed E-state index contributed by atoms with van der Waals surface area (Å²) in [5.41, 5.74) is 0.293. The molecule has 1 rings (SSSR count). The van der Waals surface area contributed by atoms with Gasteiger partial charge in [-0.3, -0.25) is 14.9 Å². The van der Waals surface area contributed by atoms with Crippen molar-refractivity contribution in [1.29, 1.82) is 0 Å². The molecule has 0 aromatic heterocycles. The van der Waals surface area contributed by atoms with Gasteiger partial charge in [-0.25, -0.2) is 0 Å². The normalized spacial score (nSPS) is 13.0. The Bertz CT molecular complexity index is 428. The summed E-state index contributed by atoms with van der Waals surface area (Å²) in [7, 11) is 0. The lowest BCUT2D eigenvalue weighted by Gasteiger charge is -2.30. The van der Waals surface area contributed by atoms with E-state index in [-0.39, 0.29) is 0 Å². The maximum atomic E-state index is 11.0. The second-order valence-electron chi connectivity index (χ2n) is 4.62. The molecule has 1 atom stereocenters. The number of carboxylic acid groups (broad SMARTS) is 2. The van der Waals surface area contributed by atoms with Crippen LogP contribution in [-0.2, 0) is 15.1 Å². The molecule has 0 saturated carbocycles. The van der Waals surface area contributed by atoms with Crippen LogP contribution in [0.3, 0.4) is 0 Å². The summed E-state index contributed by atoms with van der Waals surface area (Å²) < 4.78 is 0. The summed E-state index contributed by atoms with van der Waals surface area (Å²) in [4.78, 5) is 21.7. The topological polar surface area (TPSA) is 86.6 Å². The lowest BCUT2D eigenvalue weighted by atomic mass is 9.93. The van der Waals surface area contributed by atoms with Gasteiger partial charge in [-0.15, -0.1) is 0 Å². The van der Waals surface area contributed by atoms with Crippen LogP contribution in [0.15, 0.2) is 30.3 Å². The number of nitrogens with one attached hydrogen (secondary N) is 1. The maximum absolute atomic E-state index is 11.0. The highest BCUT2D eigenvalue weighted by Gasteiger charge is 2.29. The van der Waals surface area contributed by atoms with Gasteiger partial charge < -0.3 is 10.2 Å². The molecule has 1 aromatic carbocycles. The molecule has 0 radical (unpaired) electrons. The van der Waals surface area contributed by atoms with Gasteiger partial charge in [-0.05, 0) is 19.4 Å². The molecule has 5 heteroatoms. The first-order chi connectivity index (χ1) is 8.33. The largest absolute Gasteiger partial charge is 0.481 e. The van der Waals surface area contributed by atoms with Crippen LogP contribution in [0, 0.1) is 0 Å². The average Bonchev–Trinajstić information content (AvgIpc) is 2.28. The van der Waals surface area contributed by atoms with Crippen molar-refractivity contribution in [2.24, 2.45) is 0 Å². The van der Waals surface area contributed by atoms with E-state index >= 15 is 0 Å². The van der Waals surface area contributed by atoms with Gasteiger partial charge in [0.25, 0.3) is 0 Å². The van der Waals surface area contributed by atoms with Crippen LogP contribution < -0.4 is 5.32 Å². The van der Waals surface area contributed by atoms with Gasteiger partial charge in [-0.2, -0.15) is 0 Å². The van der Waals surface area contributed by atoms with E-state index in [1.54, 1.807) is 0 Å². The number of rotatable bonds is 6. The minimum Gasteiger partial charge on any atom is -0.481 e. The first kappa shape index (κ1) is 14.2. The smallest absolute Gasteiger partial charge is 0.321 e. The van der Waals surface area contributed by atoms with Gasteiger partial charge >= 0.3 is 11.9 Å². The molecule has 0 aliphatic carbocycles. The highest BCUT2D eigenvalue weighted by molar-refractivity contribution is 5.80. The lowest BCUT2D eigenvalue weighted by Crippen LogP contribution is -2.48. The van der Waals surface area contributed by atoms with Crippen LogP contribution in [0.5, 0.6) is 0 Å². The number of aliphatic carboxylic acids is 2.